The first-order valence-corrected chi connectivity index (χ1v) is 13.4. The SMILES string of the molecule is Cc1ccccc1N1C(=O)CS/C1=N\C(=S)N/N=C/c1cccc(-c2ncn(-c3ccc(OC(F)(F)F)cc3)n2)c1. The van der Waals surface area contributed by atoms with Gasteiger partial charge in [-0.1, -0.05) is 48.2 Å². The molecule has 0 spiro atoms. The summed E-state index contributed by atoms with van der Waals surface area (Å²) in [5.74, 6) is 0.278. The minimum atomic E-state index is -4.76. The molecule has 1 aliphatic heterocycles. The number of benzene rings is 3. The van der Waals surface area contributed by atoms with Crippen molar-refractivity contribution in [1.82, 2.24) is 20.2 Å². The molecule has 4 aromatic rings. The first kappa shape index (κ1) is 28.0. The second kappa shape index (κ2) is 11.9. The molecule has 3 aromatic carbocycles. The van der Waals surface area contributed by atoms with Crippen LogP contribution in [-0.4, -0.2) is 49.3 Å². The Bertz CT molecular complexity index is 1650. The van der Waals surface area contributed by atoms with Crippen LogP contribution in [0, 0.1) is 6.92 Å². The largest absolute Gasteiger partial charge is 0.573 e. The Balaban J connectivity index is 1.24. The van der Waals surface area contributed by atoms with Crippen LogP contribution < -0.4 is 15.1 Å². The quantitative estimate of drug-likeness (QED) is 0.179. The van der Waals surface area contributed by atoms with Crippen molar-refractivity contribution in [2.24, 2.45) is 10.1 Å². The fourth-order valence-electron chi connectivity index (χ4n) is 3.85. The average Bonchev–Trinajstić information content (AvgIpc) is 3.56. The predicted octanol–water partition coefficient (Wildman–Crippen LogP) is 5.49. The molecule has 208 valence electrons. The van der Waals surface area contributed by atoms with Gasteiger partial charge >= 0.3 is 6.36 Å². The number of halogens is 3. The summed E-state index contributed by atoms with van der Waals surface area (Å²) in [6, 6.07) is 20.1. The lowest BCUT2D eigenvalue weighted by Gasteiger charge is -2.18. The second-order valence-electron chi connectivity index (χ2n) is 8.55. The lowest BCUT2D eigenvalue weighted by Crippen LogP contribution is -2.31. The zero-order valence-corrected chi connectivity index (χ0v) is 22.9. The van der Waals surface area contributed by atoms with Crippen molar-refractivity contribution < 1.29 is 22.7 Å². The minimum absolute atomic E-state index is 0.0743. The number of thiocarbonyl (C=S) groups is 1. The lowest BCUT2D eigenvalue weighted by molar-refractivity contribution is -0.274. The highest BCUT2D eigenvalue weighted by molar-refractivity contribution is 8.15. The van der Waals surface area contributed by atoms with E-state index in [9.17, 15) is 18.0 Å². The number of aliphatic imine (C=N–C) groups is 1. The maximum absolute atomic E-state index is 12.5. The van der Waals surface area contributed by atoms with Gasteiger partial charge in [0.25, 0.3) is 0 Å². The number of hydrazone groups is 1. The normalized spacial score (nSPS) is 14.7. The molecule has 1 aromatic heterocycles. The number of carbonyl (C=O) groups is 1. The summed E-state index contributed by atoms with van der Waals surface area (Å²) in [6.07, 6.45) is -1.75. The molecule has 0 aliphatic carbocycles. The monoisotopic (exact) mass is 595 g/mol. The fraction of sp³-hybridized carbons (Fsp3) is 0.111. The van der Waals surface area contributed by atoms with Gasteiger partial charge in [-0.15, -0.1) is 18.3 Å². The van der Waals surface area contributed by atoms with Gasteiger partial charge in [-0.25, -0.2) is 9.67 Å². The van der Waals surface area contributed by atoms with Crippen molar-refractivity contribution in [2.45, 2.75) is 13.3 Å². The van der Waals surface area contributed by atoms with E-state index < -0.39 is 6.36 Å². The van der Waals surface area contributed by atoms with E-state index in [0.29, 0.717) is 22.2 Å². The van der Waals surface area contributed by atoms with Crippen LogP contribution in [-0.2, 0) is 4.79 Å². The van der Waals surface area contributed by atoms with Gasteiger partial charge in [0.2, 0.25) is 11.0 Å². The van der Waals surface area contributed by atoms with Gasteiger partial charge in [-0.05, 0) is 66.7 Å². The Morgan fingerprint density at radius 1 is 1.12 bits per heavy atom. The van der Waals surface area contributed by atoms with Crippen molar-refractivity contribution in [1.29, 1.82) is 0 Å². The molecule has 9 nitrogen and oxygen atoms in total. The molecule has 1 N–H and O–H groups in total. The zero-order valence-electron chi connectivity index (χ0n) is 21.2. The van der Waals surface area contributed by atoms with E-state index in [1.54, 1.807) is 17.2 Å². The highest BCUT2D eigenvalue weighted by Gasteiger charge is 2.31. The Morgan fingerprint density at radius 2 is 1.90 bits per heavy atom. The Hall–Kier alpha value is -4.56. The maximum atomic E-state index is 12.5. The summed E-state index contributed by atoms with van der Waals surface area (Å²) >= 11 is 6.62. The summed E-state index contributed by atoms with van der Waals surface area (Å²) < 4.78 is 42.5. The van der Waals surface area contributed by atoms with Gasteiger partial charge in [0.1, 0.15) is 12.1 Å². The number of amides is 1. The molecule has 1 fully saturated rings. The molecule has 0 radical (unpaired) electrons. The molecule has 0 atom stereocenters. The number of rotatable bonds is 6. The number of hydrogen-bond donors (Lipinski definition) is 1. The van der Waals surface area contributed by atoms with Gasteiger partial charge in [0, 0.05) is 5.56 Å². The number of amidine groups is 1. The highest BCUT2D eigenvalue weighted by atomic mass is 32.2. The summed E-state index contributed by atoms with van der Waals surface area (Å²) in [7, 11) is 0. The molecule has 41 heavy (non-hydrogen) atoms. The number of thioether (sulfide) groups is 1. The van der Waals surface area contributed by atoms with E-state index in [4.69, 9.17) is 12.2 Å². The lowest BCUT2D eigenvalue weighted by atomic mass is 10.1. The second-order valence-corrected chi connectivity index (χ2v) is 9.88. The number of aromatic nitrogens is 3. The first-order chi connectivity index (χ1) is 19.7. The summed E-state index contributed by atoms with van der Waals surface area (Å²) in [5, 5.41) is 9.15. The topological polar surface area (TPSA) is 97.0 Å². The third kappa shape index (κ3) is 6.96. The smallest absolute Gasteiger partial charge is 0.406 e. The minimum Gasteiger partial charge on any atom is -0.406 e. The molecule has 0 bridgehead atoms. The molecule has 14 heteroatoms. The molecule has 0 saturated carbocycles. The van der Waals surface area contributed by atoms with Gasteiger partial charge in [-0.3, -0.25) is 15.1 Å². The molecule has 1 amide bonds. The number of nitrogens with one attached hydrogen (secondary N) is 1. The number of hydrogen-bond acceptors (Lipinski definition) is 7. The van der Waals surface area contributed by atoms with Crippen LogP contribution in [0.2, 0.25) is 0 Å². The number of aryl methyl sites for hydroxylation is 1. The molecular weight excluding hydrogens is 575 g/mol. The number of nitrogens with zero attached hydrogens (tertiary/aromatic N) is 6. The molecule has 2 heterocycles. The van der Waals surface area contributed by atoms with Crippen molar-refractivity contribution in [3.8, 4) is 22.8 Å². The van der Waals surface area contributed by atoms with E-state index in [1.165, 1.54) is 47.0 Å². The van der Waals surface area contributed by atoms with E-state index in [-0.39, 0.29) is 22.5 Å². The predicted molar refractivity (Wildman–Crippen MR) is 155 cm³/mol. The van der Waals surface area contributed by atoms with Crippen molar-refractivity contribution >= 4 is 52.1 Å². The van der Waals surface area contributed by atoms with Crippen LogP contribution in [0.4, 0.5) is 18.9 Å². The molecule has 1 aliphatic rings. The molecular formula is C27H20F3N7O2S2. The maximum Gasteiger partial charge on any atom is 0.573 e. The molecule has 0 unspecified atom stereocenters. The Kier molecular flexibility index (Phi) is 8.12. The summed E-state index contributed by atoms with van der Waals surface area (Å²) in [5.41, 5.74) is 6.34. The van der Waals surface area contributed by atoms with Crippen LogP contribution in [0.25, 0.3) is 17.1 Å². The molecule has 1 saturated heterocycles. The number of carbonyl (C=O) groups excluding carboxylic acids is 1. The summed E-state index contributed by atoms with van der Waals surface area (Å²) in [6.45, 7) is 1.92. The Morgan fingerprint density at radius 3 is 2.66 bits per heavy atom. The van der Waals surface area contributed by atoms with Crippen LogP contribution >= 0.6 is 24.0 Å². The van der Waals surface area contributed by atoms with Crippen LogP contribution in [0.1, 0.15) is 11.1 Å². The van der Waals surface area contributed by atoms with Gasteiger partial charge in [0.15, 0.2) is 11.0 Å². The number of para-hydroxylation sites is 1. The van der Waals surface area contributed by atoms with Gasteiger partial charge in [-0.2, -0.15) is 10.1 Å². The van der Waals surface area contributed by atoms with Crippen LogP contribution in [0.15, 0.2) is 89.2 Å². The van der Waals surface area contributed by atoms with Crippen molar-refractivity contribution in [3.05, 3.63) is 90.3 Å². The van der Waals surface area contributed by atoms with Gasteiger partial charge in [0.05, 0.1) is 23.3 Å². The number of anilines is 1. The third-order valence-corrected chi connectivity index (χ3v) is 6.77. The molecule has 5 rings (SSSR count). The first-order valence-electron chi connectivity index (χ1n) is 12.0. The van der Waals surface area contributed by atoms with Crippen molar-refractivity contribution in [2.75, 3.05) is 10.7 Å². The number of alkyl halides is 3. The summed E-state index contributed by atoms with van der Waals surface area (Å²) in [4.78, 5) is 22.7. The standard InChI is InChI=1S/C27H20F3N7O2S2/c1-17-5-2-3-8-22(17)37-23(38)15-41-26(37)33-25(40)34-32-14-18-6-4-7-19(13-18)24-31-16-36(35-24)20-9-11-21(12-10-20)39-27(28,29)30/h2-14,16H,15H2,1H3,(H,34,40)/b32-14+,33-26-. The van der Waals surface area contributed by atoms with Crippen LogP contribution in [0.3, 0.4) is 0 Å². The van der Waals surface area contributed by atoms with E-state index in [0.717, 1.165) is 16.8 Å². The fourth-order valence-corrected chi connectivity index (χ4v) is 4.91. The van der Waals surface area contributed by atoms with E-state index >= 15 is 0 Å². The average molecular weight is 596 g/mol. The van der Waals surface area contributed by atoms with Crippen LogP contribution in [0.5, 0.6) is 5.75 Å². The number of ether oxygens (including phenoxy) is 1. The zero-order chi connectivity index (χ0) is 29.0. The third-order valence-electron chi connectivity index (χ3n) is 5.66. The van der Waals surface area contributed by atoms with E-state index in [2.05, 4.69) is 30.3 Å². The highest BCUT2D eigenvalue weighted by Crippen LogP contribution is 2.29. The Labute approximate surface area is 241 Å². The van der Waals surface area contributed by atoms with E-state index in [1.807, 2.05) is 49.4 Å². The van der Waals surface area contributed by atoms with Crippen molar-refractivity contribution in [3.63, 3.8) is 0 Å². The van der Waals surface area contributed by atoms with Gasteiger partial charge < -0.3 is 4.74 Å².